The molecule has 0 aliphatic carbocycles. The predicted octanol–water partition coefficient (Wildman–Crippen LogP) is 1.17. The minimum Gasteiger partial charge on any atom is -0.477 e. The maximum atomic E-state index is 10.8. The summed E-state index contributed by atoms with van der Waals surface area (Å²) in [6, 6.07) is 6.77. The van der Waals surface area contributed by atoms with Crippen LogP contribution in [0.5, 0.6) is 0 Å². The fourth-order valence-corrected chi connectivity index (χ4v) is 1.62. The third-order valence-electron chi connectivity index (χ3n) is 2.47. The molecule has 0 saturated heterocycles. The van der Waals surface area contributed by atoms with Crippen molar-refractivity contribution in [2.45, 2.75) is 20.0 Å². The normalized spacial score (nSPS) is 10.4. The highest BCUT2D eigenvalue weighted by Gasteiger charge is 2.04. The van der Waals surface area contributed by atoms with Gasteiger partial charge < -0.3 is 10.4 Å². The van der Waals surface area contributed by atoms with Crippen LogP contribution >= 0.6 is 0 Å². The largest absolute Gasteiger partial charge is 0.477 e. The quantitative estimate of drug-likeness (QED) is 0.837. The van der Waals surface area contributed by atoms with Gasteiger partial charge in [-0.25, -0.2) is 19.7 Å². The van der Waals surface area contributed by atoms with Crippen LogP contribution in [0.1, 0.15) is 27.7 Å². The van der Waals surface area contributed by atoms with Crippen molar-refractivity contribution in [3.8, 4) is 0 Å². The second-order valence-corrected chi connectivity index (χ2v) is 4.02. The lowest BCUT2D eigenvalue weighted by atomic mass is 10.3. The van der Waals surface area contributed by atoms with Crippen molar-refractivity contribution in [2.24, 2.45) is 0 Å². The van der Waals surface area contributed by atoms with Gasteiger partial charge in [0.2, 0.25) is 0 Å². The van der Waals surface area contributed by atoms with E-state index in [1.165, 1.54) is 6.07 Å². The second kappa shape index (κ2) is 6.01. The van der Waals surface area contributed by atoms with Gasteiger partial charge in [-0.2, -0.15) is 0 Å². The molecule has 6 nitrogen and oxygen atoms in total. The number of nitrogens with one attached hydrogen (secondary N) is 1. The van der Waals surface area contributed by atoms with Crippen LogP contribution in [0.25, 0.3) is 0 Å². The van der Waals surface area contributed by atoms with Crippen LogP contribution in [-0.4, -0.2) is 26.0 Å². The zero-order valence-corrected chi connectivity index (χ0v) is 10.5. The van der Waals surface area contributed by atoms with Crippen molar-refractivity contribution < 1.29 is 9.90 Å². The lowest BCUT2D eigenvalue weighted by Gasteiger charge is -2.05. The Balaban J connectivity index is 1.92. The van der Waals surface area contributed by atoms with Crippen LogP contribution in [-0.2, 0) is 13.1 Å². The van der Waals surface area contributed by atoms with Crippen molar-refractivity contribution in [1.82, 2.24) is 20.3 Å². The molecule has 0 radical (unpaired) electrons. The number of aryl methyl sites for hydroxylation is 1. The van der Waals surface area contributed by atoms with Crippen LogP contribution in [0, 0.1) is 6.92 Å². The summed E-state index contributed by atoms with van der Waals surface area (Å²) in [5.74, 6) is -0.293. The molecule has 2 aromatic rings. The lowest BCUT2D eigenvalue weighted by molar-refractivity contribution is 0.0690. The van der Waals surface area contributed by atoms with Gasteiger partial charge in [-0.05, 0) is 25.1 Å². The van der Waals surface area contributed by atoms with Crippen molar-refractivity contribution in [3.05, 3.63) is 53.4 Å². The van der Waals surface area contributed by atoms with Crippen molar-refractivity contribution >= 4 is 5.97 Å². The molecular formula is C13H14N4O2. The van der Waals surface area contributed by atoms with Gasteiger partial charge in [0, 0.05) is 19.3 Å². The van der Waals surface area contributed by atoms with E-state index in [2.05, 4.69) is 20.3 Å². The first kappa shape index (κ1) is 13.1. The summed E-state index contributed by atoms with van der Waals surface area (Å²) in [5.41, 5.74) is 1.63. The maximum absolute atomic E-state index is 10.8. The second-order valence-electron chi connectivity index (χ2n) is 4.02. The Bertz CT molecular complexity index is 586. The van der Waals surface area contributed by atoms with E-state index < -0.39 is 5.97 Å². The number of pyridine rings is 1. The van der Waals surface area contributed by atoms with Crippen LogP contribution in [0.3, 0.4) is 0 Å². The summed E-state index contributed by atoms with van der Waals surface area (Å²) >= 11 is 0. The SMILES string of the molecule is Cc1nccc(CNCc2cccc(C(=O)O)n2)n1. The molecule has 19 heavy (non-hydrogen) atoms. The van der Waals surface area contributed by atoms with Gasteiger partial charge in [0.05, 0.1) is 11.4 Å². The molecule has 0 bridgehead atoms. The number of carbonyl (C=O) groups is 1. The molecule has 0 aliphatic rings. The van der Waals surface area contributed by atoms with Crippen LogP contribution < -0.4 is 5.32 Å². The van der Waals surface area contributed by atoms with Crippen molar-refractivity contribution in [1.29, 1.82) is 0 Å². The Morgan fingerprint density at radius 3 is 2.63 bits per heavy atom. The molecular weight excluding hydrogens is 244 g/mol. The standard InChI is InChI=1S/C13H14N4O2/c1-9-15-6-5-11(16-9)8-14-7-10-3-2-4-12(17-10)13(18)19/h2-6,14H,7-8H2,1H3,(H,18,19). The van der Waals surface area contributed by atoms with E-state index in [4.69, 9.17) is 5.11 Å². The molecule has 0 aliphatic heterocycles. The summed E-state index contributed by atoms with van der Waals surface area (Å²) in [4.78, 5) is 23.1. The number of rotatable bonds is 5. The van der Waals surface area contributed by atoms with Gasteiger partial charge in [0.15, 0.2) is 0 Å². The summed E-state index contributed by atoms with van der Waals surface area (Å²) in [6.07, 6.45) is 1.71. The number of carboxylic acid groups (broad SMARTS) is 1. The first-order chi connectivity index (χ1) is 9.15. The van der Waals surface area contributed by atoms with E-state index in [1.807, 2.05) is 13.0 Å². The Labute approximate surface area is 110 Å². The van der Waals surface area contributed by atoms with Gasteiger partial charge in [-0.3, -0.25) is 0 Å². The monoisotopic (exact) mass is 258 g/mol. The van der Waals surface area contributed by atoms with Crippen molar-refractivity contribution in [2.75, 3.05) is 0 Å². The number of hydrogen-bond acceptors (Lipinski definition) is 5. The molecule has 0 spiro atoms. The third kappa shape index (κ3) is 3.82. The average molecular weight is 258 g/mol. The molecule has 6 heteroatoms. The van der Waals surface area contributed by atoms with E-state index in [-0.39, 0.29) is 5.69 Å². The number of carboxylic acids is 1. The van der Waals surface area contributed by atoms with E-state index in [9.17, 15) is 4.79 Å². The summed E-state index contributed by atoms with van der Waals surface area (Å²) in [7, 11) is 0. The Morgan fingerprint density at radius 2 is 1.95 bits per heavy atom. The van der Waals surface area contributed by atoms with Gasteiger partial charge in [-0.15, -0.1) is 0 Å². The Hall–Kier alpha value is -2.34. The van der Waals surface area contributed by atoms with Gasteiger partial charge in [0.1, 0.15) is 11.5 Å². The highest BCUT2D eigenvalue weighted by molar-refractivity contribution is 5.85. The molecule has 2 heterocycles. The molecule has 2 rings (SSSR count). The minimum absolute atomic E-state index is 0.0529. The predicted molar refractivity (Wildman–Crippen MR) is 68.5 cm³/mol. The smallest absolute Gasteiger partial charge is 0.354 e. The highest BCUT2D eigenvalue weighted by atomic mass is 16.4. The highest BCUT2D eigenvalue weighted by Crippen LogP contribution is 2.00. The summed E-state index contributed by atoms with van der Waals surface area (Å²) in [5, 5.41) is 12.0. The summed E-state index contributed by atoms with van der Waals surface area (Å²) in [6.45, 7) is 2.91. The van der Waals surface area contributed by atoms with Gasteiger partial charge in [0.25, 0.3) is 0 Å². The molecule has 0 atom stereocenters. The number of hydrogen-bond donors (Lipinski definition) is 2. The van der Waals surface area contributed by atoms with Crippen molar-refractivity contribution in [3.63, 3.8) is 0 Å². The molecule has 0 saturated carbocycles. The molecule has 2 aromatic heterocycles. The number of aromatic nitrogens is 3. The van der Waals surface area contributed by atoms with Crippen LogP contribution in [0.4, 0.5) is 0 Å². The molecule has 98 valence electrons. The fraction of sp³-hybridized carbons (Fsp3) is 0.231. The minimum atomic E-state index is -1.02. The van der Waals surface area contributed by atoms with Crippen LogP contribution in [0.2, 0.25) is 0 Å². The average Bonchev–Trinajstić information content (AvgIpc) is 2.39. The first-order valence-electron chi connectivity index (χ1n) is 5.83. The molecule has 0 unspecified atom stereocenters. The zero-order valence-electron chi connectivity index (χ0n) is 10.5. The van der Waals surface area contributed by atoms with Crippen LogP contribution in [0.15, 0.2) is 30.5 Å². The van der Waals surface area contributed by atoms with Gasteiger partial charge >= 0.3 is 5.97 Å². The van der Waals surface area contributed by atoms with E-state index in [0.717, 1.165) is 11.5 Å². The topological polar surface area (TPSA) is 88.0 Å². The molecule has 0 amide bonds. The maximum Gasteiger partial charge on any atom is 0.354 e. The number of aromatic carboxylic acids is 1. The lowest BCUT2D eigenvalue weighted by Crippen LogP contribution is -2.16. The fourth-order valence-electron chi connectivity index (χ4n) is 1.62. The molecule has 0 aromatic carbocycles. The molecule has 0 fully saturated rings. The first-order valence-corrected chi connectivity index (χ1v) is 5.83. The van der Waals surface area contributed by atoms with E-state index >= 15 is 0 Å². The third-order valence-corrected chi connectivity index (χ3v) is 2.47. The Kier molecular flexibility index (Phi) is 4.15. The van der Waals surface area contributed by atoms with E-state index in [0.29, 0.717) is 18.8 Å². The number of nitrogens with zero attached hydrogens (tertiary/aromatic N) is 3. The molecule has 2 N–H and O–H groups in total. The Morgan fingerprint density at radius 1 is 1.21 bits per heavy atom. The zero-order chi connectivity index (χ0) is 13.7. The van der Waals surface area contributed by atoms with Gasteiger partial charge in [-0.1, -0.05) is 6.07 Å². The van der Waals surface area contributed by atoms with E-state index in [1.54, 1.807) is 18.3 Å². The summed E-state index contributed by atoms with van der Waals surface area (Å²) < 4.78 is 0.